The number of nitrogens with zero attached hydrogens (tertiary/aromatic N) is 2. The van der Waals surface area contributed by atoms with Gasteiger partial charge in [0.05, 0.1) is 0 Å². The van der Waals surface area contributed by atoms with E-state index in [4.69, 9.17) is 5.73 Å². The Balaban J connectivity index is 2.16. The Morgan fingerprint density at radius 1 is 1.21 bits per heavy atom. The Morgan fingerprint density at radius 2 is 2.11 bits per heavy atom. The van der Waals surface area contributed by atoms with Gasteiger partial charge < -0.3 is 11.1 Å². The molecule has 0 fully saturated rings. The van der Waals surface area contributed by atoms with Gasteiger partial charge >= 0.3 is 0 Å². The molecule has 0 aliphatic heterocycles. The summed E-state index contributed by atoms with van der Waals surface area (Å²) in [5.41, 5.74) is 7.77. The molecule has 0 radical (unpaired) electrons. The fourth-order valence-electron chi connectivity index (χ4n) is 1.38. The predicted octanol–water partition coefficient (Wildman–Crippen LogP) is 1.76. The van der Waals surface area contributed by atoms with Gasteiger partial charge in [-0.1, -0.05) is 18.6 Å². The van der Waals surface area contributed by atoms with Gasteiger partial charge in [-0.2, -0.15) is 0 Å². The lowest BCUT2D eigenvalue weighted by atomic mass is 10.2. The smallest absolute Gasteiger partial charge is 0.131 e. The third-order valence-corrected chi connectivity index (χ3v) is 2.31. The summed E-state index contributed by atoms with van der Waals surface area (Å²) in [7, 11) is 0. The largest absolute Gasteiger partial charge is 0.343 e. The molecule has 0 saturated carbocycles. The van der Waals surface area contributed by atoms with Crippen LogP contribution in [0.2, 0.25) is 0 Å². The second kappa shape index (κ2) is 6.34. The number of nitrogens with one attached hydrogen (secondary N) is 1. The van der Waals surface area contributed by atoms with Crippen molar-refractivity contribution in [1.82, 2.24) is 9.97 Å². The van der Waals surface area contributed by atoms with Crippen LogP contribution in [0.4, 0.5) is 5.82 Å². The molecule has 0 amide bonds. The third kappa shape index (κ3) is 3.95. The number of pyridine rings is 2. The molecule has 94 valence electrons. The highest BCUT2D eigenvalue weighted by Gasteiger charge is 1.96. The lowest BCUT2D eigenvalue weighted by Gasteiger charge is -2.05. The fraction of sp³-hybridized carbons (Fsp3) is 0.0667. The van der Waals surface area contributed by atoms with E-state index in [0.29, 0.717) is 18.1 Å². The molecule has 3 N–H and O–H groups in total. The maximum Gasteiger partial charge on any atom is 0.131 e. The second-order valence-corrected chi connectivity index (χ2v) is 3.83. The van der Waals surface area contributed by atoms with Crippen LogP contribution in [0.25, 0.3) is 0 Å². The average molecular weight is 250 g/mol. The minimum Gasteiger partial charge on any atom is -0.343 e. The fourth-order valence-corrected chi connectivity index (χ4v) is 1.38. The van der Waals surface area contributed by atoms with Crippen LogP contribution >= 0.6 is 0 Å². The molecule has 0 aromatic carbocycles. The molecule has 0 atom stereocenters. The van der Waals surface area contributed by atoms with Gasteiger partial charge in [0.25, 0.3) is 0 Å². The molecule has 19 heavy (non-hydrogen) atoms. The minimum absolute atomic E-state index is 0.367. The van der Waals surface area contributed by atoms with Crippen LogP contribution in [0, 0.1) is 11.8 Å². The maximum atomic E-state index is 5.47. The molecular weight excluding hydrogens is 236 g/mol. The molecule has 0 aliphatic carbocycles. The summed E-state index contributed by atoms with van der Waals surface area (Å²) in [4.78, 5) is 8.31. The molecule has 0 unspecified atom stereocenters. The molecule has 4 nitrogen and oxygen atoms in total. The van der Waals surface area contributed by atoms with Crippen molar-refractivity contribution in [3.8, 4) is 11.8 Å². The van der Waals surface area contributed by atoms with E-state index in [1.54, 1.807) is 12.4 Å². The zero-order chi connectivity index (χ0) is 13.5. The predicted molar refractivity (Wildman–Crippen MR) is 76.3 cm³/mol. The summed E-state index contributed by atoms with van der Waals surface area (Å²) in [6, 6.07) is 9.31. The van der Waals surface area contributed by atoms with E-state index in [-0.39, 0.29) is 0 Å². The molecule has 0 aliphatic rings. The van der Waals surface area contributed by atoms with E-state index >= 15 is 0 Å². The van der Waals surface area contributed by atoms with Crippen molar-refractivity contribution in [3.63, 3.8) is 0 Å². The van der Waals surface area contributed by atoms with Gasteiger partial charge in [-0.3, -0.25) is 0 Å². The van der Waals surface area contributed by atoms with Crippen molar-refractivity contribution in [2.24, 2.45) is 5.73 Å². The molecule has 2 heterocycles. The molecule has 2 aromatic heterocycles. The lowest BCUT2D eigenvalue weighted by Crippen LogP contribution is -2.10. The Kier molecular flexibility index (Phi) is 4.27. The monoisotopic (exact) mass is 250 g/mol. The summed E-state index contributed by atoms with van der Waals surface area (Å²) in [6.07, 6.45) is 3.41. The first-order valence-electron chi connectivity index (χ1n) is 5.82. The summed E-state index contributed by atoms with van der Waals surface area (Å²) < 4.78 is 0. The van der Waals surface area contributed by atoms with Crippen molar-refractivity contribution >= 4 is 5.82 Å². The Bertz CT molecular complexity index is 623. The van der Waals surface area contributed by atoms with Crippen LogP contribution in [-0.2, 0) is 0 Å². The molecule has 0 spiro atoms. The van der Waals surface area contributed by atoms with Crippen LogP contribution in [0.1, 0.15) is 11.3 Å². The number of nitrogens with two attached hydrogens (primary N) is 1. The summed E-state index contributed by atoms with van der Waals surface area (Å²) in [5.74, 6) is 6.71. The van der Waals surface area contributed by atoms with Crippen LogP contribution in [-0.4, -0.2) is 16.5 Å². The first-order valence-corrected chi connectivity index (χ1v) is 5.82. The van der Waals surface area contributed by atoms with E-state index in [0.717, 1.165) is 11.3 Å². The zero-order valence-electron chi connectivity index (χ0n) is 10.4. The first-order chi connectivity index (χ1) is 9.28. The van der Waals surface area contributed by atoms with Gasteiger partial charge in [-0.15, -0.1) is 0 Å². The van der Waals surface area contributed by atoms with Crippen molar-refractivity contribution in [3.05, 3.63) is 66.3 Å². The van der Waals surface area contributed by atoms with E-state index in [9.17, 15) is 0 Å². The summed E-state index contributed by atoms with van der Waals surface area (Å²) >= 11 is 0. The van der Waals surface area contributed by atoms with Crippen molar-refractivity contribution < 1.29 is 0 Å². The zero-order valence-corrected chi connectivity index (χ0v) is 10.4. The summed E-state index contributed by atoms with van der Waals surface area (Å²) in [5, 5.41) is 3.02. The van der Waals surface area contributed by atoms with Crippen LogP contribution < -0.4 is 11.1 Å². The van der Waals surface area contributed by atoms with Gasteiger partial charge in [0.1, 0.15) is 11.5 Å². The Hall–Kier alpha value is -2.64. The van der Waals surface area contributed by atoms with E-state index in [1.807, 2.05) is 30.3 Å². The maximum absolute atomic E-state index is 5.47. The SMILES string of the molecule is C=C(CN)Nc1cc(C#Cc2ccccn2)ccn1. The highest BCUT2D eigenvalue weighted by Crippen LogP contribution is 2.07. The number of rotatable bonds is 3. The molecular formula is C15H14N4. The first kappa shape index (κ1) is 12.8. The number of anilines is 1. The van der Waals surface area contributed by atoms with Gasteiger partial charge in [0.2, 0.25) is 0 Å². The molecule has 4 heteroatoms. The average Bonchev–Trinajstić information content (AvgIpc) is 2.46. The number of aromatic nitrogens is 2. The van der Waals surface area contributed by atoms with Crippen LogP contribution in [0.5, 0.6) is 0 Å². The Labute approximate surface area is 112 Å². The molecule has 2 aromatic rings. The normalized spacial score (nSPS) is 9.32. The van der Waals surface area contributed by atoms with E-state index in [2.05, 4.69) is 33.7 Å². The second-order valence-electron chi connectivity index (χ2n) is 3.83. The minimum atomic E-state index is 0.367. The van der Waals surface area contributed by atoms with Crippen LogP contribution in [0.3, 0.4) is 0 Å². The molecule has 0 bridgehead atoms. The topological polar surface area (TPSA) is 63.8 Å². The number of hydrogen-bond acceptors (Lipinski definition) is 4. The van der Waals surface area contributed by atoms with Crippen molar-refractivity contribution in [2.45, 2.75) is 0 Å². The molecule has 2 rings (SSSR count). The Morgan fingerprint density at radius 3 is 2.84 bits per heavy atom. The van der Waals surface area contributed by atoms with Gasteiger partial charge in [-0.25, -0.2) is 9.97 Å². The highest BCUT2D eigenvalue weighted by molar-refractivity contribution is 5.49. The summed E-state index contributed by atoms with van der Waals surface area (Å²) in [6.45, 7) is 4.14. The van der Waals surface area contributed by atoms with Gasteiger partial charge in [0, 0.05) is 30.2 Å². The van der Waals surface area contributed by atoms with E-state index in [1.165, 1.54) is 0 Å². The highest BCUT2D eigenvalue weighted by atomic mass is 15.0. The lowest BCUT2D eigenvalue weighted by molar-refractivity contribution is 1.13. The van der Waals surface area contributed by atoms with Crippen molar-refractivity contribution in [1.29, 1.82) is 0 Å². The third-order valence-electron chi connectivity index (χ3n) is 2.31. The standard InChI is InChI=1S/C15H14N4/c1-12(11-16)19-15-10-13(7-9-18-15)5-6-14-4-2-3-8-17-14/h2-4,7-10H,1,11,16H2,(H,18,19). The number of hydrogen-bond donors (Lipinski definition) is 2. The van der Waals surface area contributed by atoms with E-state index < -0.39 is 0 Å². The molecule has 0 saturated heterocycles. The van der Waals surface area contributed by atoms with Gasteiger partial charge in [0.15, 0.2) is 0 Å². The van der Waals surface area contributed by atoms with Gasteiger partial charge in [-0.05, 0) is 30.2 Å². The quantitative estimate of drug-likeness (QED) is 0.815. The van der Waals surface area contributed by atoms with Crippen LogP contribution in [0.15, 0.2) is 55.0 Å². The van der Waals surface area contributed by atoms with Crippen molar-refractivity contribution in [2.75, 3.05) is 11.9 Å².